The first kappa shape index (κ1) is 20.2. The lowest BCUT2D eigenvalue weighted by atomic mass is 10.1. The highest BCUT2D eigenvalue weighted by Gasteiger charge is 2.20. The Hall–Kier alpha value is -3.07. The molecule has 0 aliphatic rings. The van der Waals surface area contributed by atoms with E-state index >= 15 is 0 Å². The van der Waals surface area contributed by atoms with Gasteiger partial charge in [-0.3, -0.25) is 4.79 Å². The van der Waals surface area contributed by atoms with Gasteiger partial charge in [0.2, 0.25) is 5.75 Å². The zero-order valence-electron chi connectivity index (χ0n) is 14.8. The third-order valence-electron chi connectivity index (χ3n) is 3.43. The summed E-state index contributed by atoms with van der Waals surface area (Å²) in [6, 6.07) is 9.26. The van der Waals surface area contributed by atoms with Crippen molar-refractivity contribution < 1.29 is 32.5 Å². The number of rotatable bonds is 9. The molecule has 0 aliphatic heterocycles. The predicted molar refractivity (Wildman–Crippen MR) is 95.1 cm³/mol. The highest BCUT2D eigenvalue weighted by molar-refractivity contribution is 6.05. The monoisotopic (exact) mass is 382 g/mol. The van der Waals surface area contributed by atoms with Crippen molar-refractivity contribution in [3.63, 3.8) is 0 Å². The summed E-state index contributed by atoms with van der Waals surface area (Å²) in [4.78, 5) is 12.5. The largest absolute Gasteiger partial charge is 0.493 e. The maximum Gasteiger partial charge on any atom is 0.387 e. The first-order valence-corrected chi connectivity index (χ1v) is 7.93. The summed E-state index contributed by atoms with van der Waals surface area (Å²) in [6.07, 6.45) is 0. The van der Waals surface area contributed by atoms with E-state index in [0.29, 0.717) is 24.6 Å². The summed E-state index contributed by atoms with van der Waals surface area (Å²) < 4.78 is 45.0. The number of benzene rings is 2. The molecule has 0 unspecified atom stereocenters. The van der Waals surface area contributed by atoms with Crippen molar-refractivity contribution in [1.29, 1.82) is 0 Å². The number of nitrogens with two attached hydrogens (primary N) is 1. The van der Waals surface area contributed by atoms with Gasteiger partial charge in [0.15, 0.2) is 11.5 Å². The summed E-state index contributed by atoms with van der Waals surface area (Å²) in [5.41, 5.74) is 6.03. The lowest BCUT2D eigenvalue weighted by Gasteiger charge is -2.15. The van der Waals surface area contributed by atoms with Gasteiger partial charge >= 0.3 is 6.61 Å². The molecule has 146 valence electrons. The third kappa shape index (κ3) is 5.45. The molecule has 2 aromatic carbocycles. The van der Waals surface area contributed by atoms with Crippen molar-refractivity contribution in [3.8, 4) is 23.0 Å². The van der Waals surface area contributed by atoms with Gasteiger partial charge < -0.3 is 30.0 Å². The summed E-state index contributed by atoms with van der Waals surface area (Å²) in [7, 11) is 2.55. The topological polar surface area (TPSA) is 92.0 Å². The first-order valence-electron chi connectivity index (χ1n) is 7.93. The molecular formula is C18H20F2N2O5. The number of nitrogens with one attached hydrogen (secondary N) is 1. The molecule has 3 N–H and O–H groups in total. The van der Waals surface area contributed by atoms with Crippen LogP contribution in [0.5, 0.6) is 23.0 Å². The minimum absolute atomic E-state index is 0.0506. The Labute approximate surface area is 155 Å². The Balaban J connectivity index is 2.20. The molecule has 0 aliphatic carbocycles. The van der Waals surface area contributed by atoms with E-state index in [2.05, 4.69) is 10.1 Å². The Morgan fingerprint density at radius 1 is 1.11 bits per heavy atom. The van der Waals surface area contributed by atoms with Crippen molar-refractivity contribution in [2.24, 2.45) is 5.73 Å². The highest BCUT2D eigenvalue weighted by atomic mass is 19.3. The van der Waals surface area contributed by atoms with Crippen LogP contribution in [0.25, 0.3) is 0 Å². The fourth-order valence-electron chi connectivity index (χ4n) is 2.23. The predicted octanol–water partition coefficient (Wildman–Crippen LogP) is 2.90. The van der Waals surface area contributed by atoms with Crippen LogP contribution in [0.2, 0.25) is 0 Å². The van der Waals surface area contributed by atoms with Crippen LogP contribution >= 0.6 is 0 Å². The Bertz CT molecular complexity index is 744. The summed E-state index contributed by atoms with van der Waals surface area (Å²) in [5.74, 6) is -0.246. The SMILES string of the molecule is COc1cc(C(=O)Nc2ccc(OCCN)cc2)cc(OC)c1OC(F)F. The van der Waals surface area contributed by atoms with Crippen LogP contribution in [0.4, 0.5) is 14.5 Å². The van der Waals surface area contributed by atoms with Crippen molar-refractivity contribution >= 4 is 11.6 Å². The standard InChI is InChI=1S/C18H20F2N2O5/c1-24-14-9-11(10-15(25-2)16(14)27-18(19)20)17(23)22-12-3-5-13(6-4-12)26-8-7-21/h3-6,9-10,18H,7-8,21H2,1-2H3,(H,22,23). The quantitative estimate of drug-likeness (QED) is 0.693. The number of amides is 1. The number of carbonyl (C=O) groups is 1. The minimum Gasteiger partial charge on any atom is -0.493 e. The maximum atomic E-state index is 12.6. The Kier molecular flexibility index (Phi) is 7.18. The number of alkyl halides is 2. The molecule has 1 amide bonds. The molecule has 2 aromatic rings. The van der Waals surface area contributed by atoms with Crippen LogP contribution in [0.3, 0.4) is 0 Å². The van der Waals surface area contributed by atoms with Gasteiger partial charge in [-0.1, -0.05) is 0 Å². The normalized spacial score (nSPS) is 10.4. The third-order valence-corrected chi connectivity index (χ3v) is 3.43. The number of methoxy groups -OCH3 is 2. The van der Waals surface area contributed by atoms with Crippen LogP contribution in [-0.4, -0.2) is 39.9 Å². The molecule has 7 nitrogen and oxygen atoms in total. The van der Waals surface area contributed by atoms with Crippen LogP contribution in [0.1, 0.15) is 10.4 Å². The summed E-state index contributed by atoms with van der Waals surface area (Å²) in [5, 5.41) is 2.69. The lowest BCUT2D eigenvalue weighted by Crippen LogP contribution is -2.13. The zero-order valence-corrected chi connectivity index (χ0v) is 14.8. The second-order valence-corrected chi connectivity index (χ2v) is 5.20. The maximum absolute atomic E-state index is 12.6. The van der Waals surface area contributed by atoms with Gasteiger partial charge in [-0.15, -0.1) is 0 Å². The van der Waals surface area contributed by atoms with Gasteiger partial charge in [0.25, 0.3) is 5.91 Å². The molecular weight excluding hydrogens is 362 g/mol. The van der Waals surface area contributed by atoms with Gasteiger partial charge in [0.05, 0.1) is 14.2 Å². The van der Waals surface area contributed by atoms with Crippen molar-refractivity contribution in [2.45, 2.75) is 6.61 Å². The molecule has 2 rings (SSSR count). The molecule has 0 spiro atoms. The smallest absolute Gasteiger partial charge is 0.387 e. The number of hydrogen-bond acceptors (Lipinski definition) is 6. The second kappa shape index (κ2) is 9.58. The van der Waals surface area contributed by atoms with E-state index in [1.165, 1.54) is 26.4 Å². The minimum atomic E-state index is -3.06. The van der Waals surface area contributed by atoms with Crippen LogP contribution in [-0.2, 0) is 0 Å². The fraction of sp³-hybridized carbons (Fsp3) is 0.278. The molecule has 0 heterocycles. The number of halogens is 2. The van der Waals surface area contributed by atoms with Crippen molar-refractivity contribution in [1.82, 2.24) is 0 Å². The molecule has 0 aromatic heterocycles. The highest BCUT2D eigenvalue weighted by Crippen LogP contribution is 2.39. The average Bonchev–Trinajstić information content (AvgIpc) is 2.67. The van der Waals surface area contributed by atoms with Crippen molar-refractivity contribution in [2.75, 3.05) is 32.7 Å². The average molecular weight is 382 g/mol. The summed E-state index contributed by atoms with van der Waals surface area (Å²) >= 11 is 0. The Morgan fingerprint density at radius 3 is 2.19 bits per heavy atom. The molecule has 27 heavy (non-hydrogen) atoms. The van der Waals surface area contributed by atoms with Crippen LogP contribution in [0.15, 0.2) is 36.4 Å². The first-order chi connectivity index (χ1) is 13.0. The van der Waals surface area contributed by atoms with E-state index in [-0.39, 0.29) is 22.8 Å². The Morgan fingerprint density at radius 2 is 1.70 bits per heavy atom. The molecule has 0 bridgehead atoms. The van der Waals surface area contributed by atoms with Gasteiger partial charge in [0, 0.05) is 17.8 Å². The van der Waals surface area contributed by atoms with Crippen LogP contribution in [0, 0.1) is 0 Å². The molecule has 0 atom stereocenters. The molecule has 9 heteroatoms. The van der Waals surface area contributed by atoms with E-state index in [1.807, 2.05) is 0 Å². The number of hydrogen-bond donors (Lipinski definition) is 2. The molecule has 0 saturated heterocycles. The molecule has 0 fully saturated rings. The van der Waals surface area contributed by atoms with E-state index in [4.69, 9.17) is 19.9 Å². The van der Waals surface area contributed by atoms with Gasteiger partial charge in [-0.05, 0) is 36.4 Å². The van der Waals surface area contributed by atoms with E-state index < -0.39 is 12.5 Å². The van der Waals surface area contributed by atoms with E-state index in [0.717, 1.165) is 0 Å². The second-order valence-electron chi connectivity index (χ2n) is 5.20. The van der Waals surface area contributed by atoms with Crippen molar-refractivity contribution in [3.05, 3.63) is 42.0 Å². The lowest BCUT2D eigenvalue weighted by molar-refractivity contribution is -0.0526. The fourth-order valence-corrected chi connectivity index (χ4v) is 2.23. The number of carbonyl (C=O) groups excluding carboxylic acids is 1. The summed E-state index contributed by atoms with van der Waals surface area (Å²) in [6.45, 7) is -2.28. The molecule has 0 radical (unpaired) electrons. The van der Waals surface area contributed by atoms with E-state index in [1.54, 1.807) is 24.3 Å². The van der Waals surface area contributed by atoms with Crippen LogP contribution < -0.4 is 30.0 Å². The van der Waals surface area contributed by atoms with Gasteiger partial charge in [-0.2, -0.15) is 8.78 Å². The number of anilines is 1. The van der Waals surface area contributed by atoms with Gasteiger partial charge in [0.1, 0.15) is 12.4 Å². The van der Waals surface area contributed by atoms with Gasteiger partial charge in [-0.25, -0.2) is 0 Å². The number of ether oxygens (including phenoxy) is 4. The van der Waals surface area contributed by atoms with E-state index in [9.17, 15) is 13.6 Å². The molecule has 0 saturated carbocycles. The zero-order chi connectivity index (χ0) is 19.8.